The maximum absolute atomic E-state index is 12.2. The molecule has 2 fully saturated rings. The van der Waals surface area contributed by atoms with Crippen molar-refractivity contribution < 1.29 is 14.3 Å². The van der Waals surface area contributed by atoms with E-state index in [1.165, 1.54) is 6.33 Å². The second-order valence-electron chi connectivity index (χ2n) is 7.32. The number of amides is 2. The summed E-state index contributed by atoms with van der Waals surface area (Å²) in [6.07, 6.45) is 7.01. The molecule has 1 aliphatic heterocycles. The number of ether oxygens (including phenoxy) is 1. The smallest absolute Gasteiger partial charge is 0.251 e. The zero-order chi connectivity index (χ0) is 19.3. The maximum atomic E-state index is 12.2. The standard InChI is InChI=1S/C21H24N4O3/c26-20(23-13-17-7-10-22-14-24-17)15-3-5-18(6-4-15)28-19-8-11-25(12-9-19)21(27)16-1-2-16/h3-7,10,14,16,19H,1-2,8-9,11-13H2,(H,23,26). The van der Waals surface area contributed by atoms with Crippen LogP contribution in [0.5, 0.6) is 5.75 Å². The van der Waals surface area contributed by atoms with Gasteiger partial charge in [0.1, 0.15) is 18.2 Å². The maximum Gasteiger partial charge on any atom is 0.251 e. The van der Waals surface area contributed by atoms with E-state index in [2.05, 4.69) is 15.3 Å². The van der Waals surface area contributed by atoms with Crippen LogP contribution in [0.3, 0.4) is 0 Å². The summed E-state index contributed by atoms with van der Waals surface area (Å²) in [6.45, 7) is 1.89. The summed E-state index contributed by atoms with van der Waals surface area (Å²) in [5.41, 5.74) is 1.33. The summed E-state index contributed by atoms with van der Waals surface area (Å²) in [4.78, 5) is 34.3. The van der Waals surface area contributed by atoms with Crippen molar-refractivity contribution in [2.24, 2.45) is 5.92 Å². The molecule has 1 saturated heterocycles. The van der Waals surface area contributed by atoms with Gasteiger partial charge in [-0.15, -0.1) is 0 Å². The number of carbonyl (C=O) groups excluding carboxylic acids is 2. The first-order valence-electron chi connectivity index (χ1n) is 9.77. The lowest BCUT2D eigenvalue weighted by Crippen LogP contribution is -2.42. The molecule has 0 radical (unpaired) electrons. The Bertz CT molecular complexity index is 813. The van der Waals surface area contributed by atoms with E-state index in [1.54, 1.807) is 24.4 Å². The highest BCUT2D eigenvalue weighted by Crippen LogP contribution is 2.32. The molecule has 0 spiro atoms. The van der Waals surface area contributed by atoms with Gasteiger partial charge in [0.15, 0.2) is 0 Å². The number of hydrogen-bond donors (Lipinski definition) is 1. The van der Waals surface area contributed by atoms with Gasteiger partial charge in [-0.1, -0.05) is 0 Å². The van der Waals surface area contributed by atoms with Crippen molar-refractivity contribution in [2.45, 2.75) is 38.3 Å². The fraction of sp³-hybridized carbons (Fsp3) is 0.429. The van der Waals surface area contributed by atoms with E-state index in [-0.39, 0.29) is 17.9 Å². The van der Waals surface area contributed by atoms with Crippen LogP contribution in [0, 0.1) is 5.92 Å². The lowest BCUT2D eigenvalue weighted by Gasteiger charge is -2.32. The van der Waals surface area contributed by atoms with Gasteiger partial charge in [0.05, 0.1) is 12.2 Å². The average molecular weight is 380 g/mol. The van der Waals surface area contributed by atoms with Crippen LogP contribution in [-0.2, 0) is 11.3 Å². The predicted molar refractivity (Wildman–Crippen MR) is 103 cm³/mol. The average Bonchev–Trinajstić information content (AvgIpc) is 3.59. The van der Waals surface area contributed by atoms with Crippen molar-refractivity contribution >= 4 is 11.8 Å². The van der Waals surface area contributed by atoms with Gasteiger partial charge < -0.3 is 15.0 Å². The fourth-order valence-corrected chi connectivity index (χ4v) is 3.36. The molecule has 2 heterocycles. The molecule has 7 nitrogen and oxygen atoms in total. The van der Waals surface area contributed by atoms with Crippen LogP contribution in [0.2, 0.25) is 0 Å². The molecule has 2 amide bonds. The number of rotatable bonds is 6. The summed E-state index contributed by atoms with van der Waals surface area (Å²) >= 11 is 0. The fourth-order valence-electron chi connectivity index (χ4n) is 3.36. The second kappa shape index (κ2) is 8.37. The van der Waals surface area contributed by atoms with Crippen LogP contribution in [-0.4, -0.2) is 45.9 Å². The molecule has 1 saturated carbocycles. The molecule has 7 heteroatoms. The quantitative estimate of drug-likeness (QED) is 0.830. The highest BCUT2D eigenvalue weighted by Gasteiger charge is 2.35. The molecule has 0 atom stereocenters. The van der Waals surface area contributed by atoms with E-state index >= 15 is 0 Å². The number of aromatic nitrogens is 2. The number of nitrogens with zero attached hydrogens (tertiary/aromatic N) is 3. The number of likely N-dealkylation sites (tertiary alicyclic amines) is 1. The number of carbonyl (C=O) groups is 2. The van der Waals surface area contributed by atoms with Crippen LogP contribution in [0.15, 0.2) is 42.9 Å². The van der Waals surface area contributed by atoms with E-state index < -0.39 is 0 Å². The molecule has 1 aliphatic carbocycles. The van der Waals surface area contributed by atoms with E-state index in [9.17, 15) is 9.59 Å². The van der Waals surface area contributed by atoms with E-state index in [0.29, 0.717) is 18.0 Å². The third kappa shape index (κ3) is 4.65. The minimum Gasteiger partial charge on any atom is -0.490 e. The molecule has 28 heavy (non-hydrogen) atoms. The van der Waals surface area contributed by atoms with Crippen LogP contribution in [0.1, 0.15) is 41.7 Å². The number of hydrogen-bond acceptors (Lipinski definition) is 5. The summed E-state index contributed by atoms with van der Waals surface area (Å²) in [7, 11) is 0. The van der Waals surface area contributed by atoms with Crippen LogP contribution < -0.4 is 10.1 Å². The Morgan fingerprint density at radius 3 is 2.46 bits per heavy atom. The van der Waals surface area contributed by atoms with Gasteiger partial charge >= 0.3 is 0 Å². The number of piperidine rings is 1. The van der Waals surface area contributed by atoms with Gasteiger partial charge in [-0.3, -0.25) is 9.59 Å². The molecule has 0 unspecified atom stereocenters. The summed E-state index contributed by atoms with van der Waals surface area (Å²) in [5, 5.41) is 2.84. The molecule has 1 N–H and O–H groups in total. The van der Waals surface area contributed by atoms with Gasteiger partial charge in [-0.25, -0.2) is 9.97 Å². The zero-order valence-corrected chi connectivity index (χ0v) is 15.7. The van der Waals surface area contributed by atoms with Crippen molar-refractivity contribution in [2.75, 3.05) is 13.1 Å². The van der Waals surface area contributed by atoms with Gasteiger partial charge in [-0.05, 0) is 43.2 Å². The second-order valence-corrected chi connectivity index (χ2v) is 7.32. The summed E-state index contributed by atoms with van der Waals surface area (Å²) < 4.78 is 6.04. The minimum atomic E-state index is -0.156. The van der Waals surface area contributed by atoms with Gasteiger partial charge in [0.25, 0.3) is 5.91 Å². The lowest BCUT2D eigenvalue weighted by atomic mass is 10.1. The molecule has 2 aromatic rings. The molecular formula is C21H24N4O3. The zero-order valence-electron chi connectivity index (χ0n) is 15.7. The normalized spacial score (nSPS) is 17.2. The summed E-state index contributed by atoms with van der Waals surface area (Å²) in [6, 6.07) is 8.93. The largest absolute Gasteiger partial charge is 0.490 e. The van der Waals surface area contributed by atoms with Gasteiger partial charge in [-0.2, -0.15) is 0 Å². The first-order chi connectivity index (χ1) is 13.7. The molecule has 1 aromatic heterocycles. The number of benzene rings is 1. The van der Waals surface area contributed by atoms with E-state index in [0.717, 1.165) is 50.2 Å². The van der Waals surface area contributed by atoms with Crippen molar-refractivity contribution in [3.63, 3.8) is 0 Å². The highest BCUT2D eigenvalue weighted by atomic mass is 16.5. The Kier molecular flexibility index (Phi) is 5.50. The monoisotopic (exact) mass is 380 g/mol. The molecule has 1 aromatic carbocycles. The molecule has 0 bridgehead atoms. The Balaban J connectivity index is 1.24. The molecule has 146 valence electrons. The van der Waals surface area contributed by atoms with Crippen molar-refractivity contribution in [1.82, 2.24) is 20.2 Å². The summed E-state index contributed by atoms with van der Waals surface area (Å²) in [5.74, 6) is 1.19. The molecule has 2 aliphatic rings. The SMILES string of the molecule is O=C(NCc1ccncn1)c1ccc(OC2CCN(C(=O)C3CC3)CC2)cc1. The Morgan fingerprint density at radius 1 is 1.07 bits per heavy atom. The first kappa shape index (κ1) is 18.4. The third-order valence-electron chi connectivity index (χ3n) is 5.17. The topological polar surface area (TPSA) is 84.4 Å². The molecule has 4 rings (SSSR count). The number of nitrogens with one attached hydrogen (secondary N) is 1. The van der Waals surface area contributed by atoms with Crippen LogP contribution in [0.25, 0.3) is 0 Å². The van der Waals surface area contributed by atoms with Gasteiger partial charge in [0, 0.05) is 43.6 Å². The lowest BCUT2D eigenvalue weighted by molar-refractivity contribution is -0.134. The molecular weight excluding hydrogens is 356 g/mol. The van der Waals surface area contributed by atoms with Crippen LogP contribution >= 0.6 is 0 Å². The third-order valence-corrected chi connectivity index (χ3v) is 5.17. The van der Waals surface area contributed by atoms with Crippen molar-refractivity contribution in [1.29, 1.82) is 0 Å². The Hall–Kier alpha value is -2.96. The minimum absolute atomic E-state index is 0.112. The van der Waals surface area contributed by atoms with Crippen LogP contribution in [0.4, 0.5) is 0 Å². The van der Waals surface area contributed by atoms with Crippen molar-refractivity contribution in [3.8, 4) is 5.75 Å². The highest BCUT2D eigenvalue weighted by molar-refractivity contribution is 5.94. The van der Waals surface area contributed by atoms with E-state index in [4.69, 9.17) is 4.74 Å². The first-order valence-corrected chi connectivity index (χ1v) is 9.77. The van der Waals surface area contributed by atoms with Crippen molar-refractivity contribution in [3.05, 3.63) is 54.1 Å². The van der Waals surface area contributed by atoms with Gasteiger partial charge in [0.2, 0.25) is 5.91 Å². The predicted octanol–water partition coefficient (Wildman–Crippen LogP) is 2.19. The van der Waals surface area contributed by atoms with E-state index in [1.807, 2.05) is 17.0 Å². The Labute approximate surface area is 164 Å². The Morgan fingerprint density at radius 2 is 1.82 bits per heavy atom.